The third kappa shape index (κ3) is 2.39. The molecule has 0 fully saturated rings. The lowest BCUT2D eigenvalue weighted by Gasteiger charge is -2.07. The number of nitro benzene ring substituents is 1. The summed E-state index contributed by atoms with van der Waals surface area (Å²) in [5.74, 6) is 0.0756. The fraction of sp³-hybridized carbons (Fsp3) is 0.0833. The second-order valence-corrected chi connectivity index (χ2v) is 5.28. The predicted molar refractivity (Wildman–Crippen MR) is 82.9 cm³/mol. The third-order valence-corrected chi connectivity index (χ3v) is 3.95. The molecule has 3 aromatic rings. The van der Waals surface area contributed by atoms with Crippen LogP contribution >= 0.6 is 11.8 Å². The second-order valence-electron chi connectivity index (χ2n) is 4.25. The van der Waals surface area contributed by atoms with E-state index in [1.165, 1.54) is 6.33 Å². The number of rotatable bonds is 4. The molecule has 3 rings (SSSR count). The topological polar surface area (TPSA) is 136 Å². The van der Waals surface area contributed by atoms with Crippen LogP contribution in [0.15, 0.2) is 34.4 Å². The van der Waals surface area contributed by atoms with Crippen LogP contribution in [0.3, 0.4) is 0 Å². The number of aromatic amines is 1. The molecule has 0 radical (unpaired) electrons. The van der Waals surface area contributed by atoms with Crippen LogP contribution in [0.2, 0.25) is 0 Å². The Morgan fingerprint density at radius 2 is 2.23 bits per heavy atom. The zero-order chi connectivity index (χ0) is 15.7. The molecule has 1 aromatic carbocycles. The van der Waals surface area contributed by atoms with Crippen LogP contribution in [-0.2, 0) is 0 Å². The second kappa shape index (κ2) is 5.48. The number of benzene rings is 1. The molecule has 0 aliphatic heterocycles. The average Bonchev–Trinajstić information content (AvgIpc) is 2.94. The molecule has 0 amide bonds. The Morgan fingerprint density at radius 3 is 2.95 bits per heavy atom. The van der Waals surface area contributed by atoms with Gasteiger partial charge in [-0.05, 0) is 12.1 Å². The fourth-order valence-corrected chi connectivity index (χ4v) is 3.02. The van der Waals surface area contributed by atoms with Crippen molar-refractivity contribution in [2.75, 3.05) is 18.1 Å². The van der Waals surface area contributed by atoms with Gasteiger partial charge in [0, 0.05) is 7.05 Å². The van der Waals surface area contributed by atoms with Gasteiger partial charge in [-0.3, -0.25) is 10.1 Å². The van der Waals surface area contributed by atoms with Crippen molar-refractivity contribution in [3.05, 3.63) is 34.6 Å². The maximum Gasteiger partial charge on any atom is 0.306 e. The number of nitrogens with zero attached hydrogens (tertiary/aromatic N) is 4. The van der Waals surface area contributed by atoms with Gasteiger partial charge in [0.2, 0.25) is 5.95 Å². The third-order valence-electron chi connectivity index (χ3n) is 2.92. The Morgan fingerprint density at radius 1 is 1.41 bits per heavy atom. The lowest BCUT2D eigenvalue weighted by molar-refractivity contribution is -0.386. The Labute approximate surface area is 128 Å². The van der Waals surface area contributed by atoms with Gasteiger partial charge in [-0.2, -0.15) is 4.98 Å². The molecule has 2 heterocycles. The van der Waals surface area contributed by atoms with Crippen molar-refractivity contribution in [1.29, 1.82) is 0 Å². The molecule has 9 nitrogen and oxygen atoms in total. The maximum atomic E-state index is 11.3. The van der Waals surface area contributed by atoms with Gasteiger partial charge < -0.3 is 16.0 Å². The molecule has 10 heteroatoms. The summed E-state index contributed by atoms with van der Waals surface area (Å²) < 4.78 is 0. The van der Waals surface area contributed by atoms with Gasteiger partial charge in [-0.1, -0.05) is 17.8 Å². The Bertz CT molecular complexity index is 864. The van der Waals surface area contributed by atoms with Gasteiger partial charge >= 0.3 is 5.69 Å². The summed E-state index contributed by atoms with van der Waals surface area (Å²) in [5, 5.41) is 14.6. The lowest BCUT2D eigenvalue weighted by atomic mass is 10.3. The van der Waals surface area contributed by atoms with Crippen molar-refractivity contribution in [2.24, 2.45) is 0 Å². The molecule has 0 bridgehead atoms. The van der Waals surface area contributed by atoms with E-state index in [2.05, 4.69) is 25.3 Å². The number of para-hydroxylation sites is 1. The number of nitro groups is 1. The number of nitrogens with one attached hydrogen (secondary N) is 2. The predicted octanol–water partition coefficient (Wildman–Crippen LogP) is 2.04. The summed E-state index contributed by atoms with van der Waals surface area (Å²) >= 11 is 1.13. The SMILES string of the molecule is CNc1cccc(Sc2nc(N)nc3[nH]cnc23)c1[N+](=O)[O-]. The summed E-state index contributed by atoms with van der Waals surface area (Å²) in [7, 11) is 1.63. The average molecular weight is 317 g/mol. The first-order chi connectivity index (χ1) is 10.6. The molecule has 0 spiro atoms. The number of hydrogen-bond acceptors (Lipinski definition) is 8. The van der Waals surface area contributed by atoms with E-state index in [0.717, 1.165) is 11.8 Å². The van der Waals surface area contributed by atoms with Crippen LogP contribution in [-0.4, -0.2) is 31.9 Å². The number of hydrogen-bond donors (Lipinski definition) is 3. The van der Waals surface area contributed by atoms with Gasteiger partial charge in [0.05, 0.1) is 16.1 Å². The molecule has 4 N–H and O–H groups in total. The molecular weight excluding hydrogens is 306 g/mol. The summed E-state index contributed by atoms with van der Waals surface area (Å²) in [6.07, 6.45) is 1.47. The van der Waals surface area contributed by atoms with E-state index in [1.54, 1.807) is 25.2 Å². The van der Waals surface area contributed by atoms with E-state index in [-0.39, 0.29) is 11.6 Å². The zero-order valence-corrected chi connectivity index (χ0v) is 12.2. The van der Waals surface area contributed by atoms with Crippen molar-refractivity contribution in [1.82, 2.24) is 19.9 Å². The Kier molecular flexibility index (Phi) is 3.51. The van der Waals surface area contributed by atoms with Crippen LogP contribution in [0.25, 0.3) is 11.2 Å². The van der Waals surface area contributed by atoms with E-state index in [9.17, 15) is 10.1 Å². The molecule has 0 saturated carbocycles. The highest BCUT2D eigenvalue weighted by atomic mass is 32.2. The summed E-state index contributed by atoms with van der Waals surface area (Å²) in [4.78, 5) is 26.5. The van der Waals surface area contributed by atoms with E-state index in [4.69, 9.17) is 5.73 Å². The minimum Gasteiger partial charge on any atom is -0.383 e. The van der Waals surface area contributed by atoms with Gasteiger partial charge in [-0.25, -0.2) is 9.97 Å². The smallest absolute Gasteiger partial charge is 0.306 e. The molecule has 22 heavy (non-hydrogen) atoms. The van der Waals surface area contributed by atoms with Crippen LogP contribution < -0.4 is 11.1 Å². The van der Waals surface area contributed by atoms with Crippen molar-refractivity contribution in [2.45, 2.75) is 9.92 Å². The summed E-state index contributed by atoms with van der Waals surface area (Å²) in [5.41, 5.74) is 7.08. The van der Waals surface area contributed by atoms with Crippen LogP contribution in [0, 0.1) is 10.1 Å². The molecule has 0 atom stereocenters. The van der Waals surface area contributed by atoms with Crippen molar-refractivity contribution >= 4 is 40.2 Å². The van der Waals surface area contributed by atoms with E-state index < -0.39 is 4.92 Å². The van der Waals surface area contributed by atoms with Crippen molar-refractivity contribution in [3.8, 4) is 0 Å². The number of anilines is 2. The number of H-pyrrole nitrogens is 1. The molecule has 2 aromatic heterocycles. The molecule has 0 aliphatic carbocycles. The monoisotopic (exact) mass is 317 g/mol. The fourth-order valence-electron chi connectivity index (χ4n) is 2.00. The lowest BCUT2D eigenvalue weighted by Crippen LogP contribution is -2.00. The highest BCUT2D eigenvalue weighted by Gasteiger charge is 2.21. The van der Waals surface area contributed by atoms with Crippen molar-refractivity contribution < 1.29 is 4.92 Å². The van der Waals surface area contributed by atoms with E-state index in [1.807, 2.05) is 0 Å². The molecule has 0 saturated heterocycles. The van der Waals surface area contributed by atoms with Crippen LogP contribution in [0.1, 0.15) is 0 Å². The summed E-state index contributed by atoms with van der Waals surface area (Å²) in [6, 6.07) is 5.02. The first-order valence-corrected chi connectivity index (χ1v) is 7.01. The van der Waals surface area contributed by atoms with Gasteiger partial charge in [0.25, 0.3) is 0 Å². The molecule has 0 aliphatic rings. The standard InChI is InChI=1S/C12H11N7O2S/c1-14-6-3-2-4-7(9(6)19(20)21)22-11-8-10(16-5-15-8)17-12(13)18-11/h2-5,14H,1H3,(H3,13,15,16,17,18). The number of fused-ring (bicyclic) bond motifs is 1. The number of nitrogens with two attached hydrogens (primary N) is 1. The van der Waals surface area contributed by atoms with Gasteiger partial charge in [0.15, 0.2) is 5.65 Å². The van der Waals surface area contributed by atoms with E-state index in [0.29, 0.717) is 26.8 Å². The van der Waals surface area contributed by atoms with Crippen molar-refractivity contribution in [3.63, 3.8) is 0 Å². The number of imidazole rings is 1. The normalized spacial score (nSPS) is 10.8. The quantitative estimate of drug-likeness (QED) is 0.378. The first-order valence-electron chi connectivity index (χ1n) is 6.19. The largest absolute Gasteiger partial charge is 0.383 e. The Hall–Kier alpha value is -2.88. The minimum absolute atomic E-state index is 0.0177. The highest BCUT2D eigenvalue weighted by molar-refractivity contribution is 7.99. The van der Waals surface area contributed by atoms with Gasteiger partial charge in [0.1, 0.15) is 16.2 Å². The number of nitrogen functional groups attached to an aromatic ring is 1. The maximum absolute atomic E-state index is 11.3. The number of aromatic nitrogens is 4. The van der Waals surface area contributed by atoms with Crippen LogP contribution in [0.4, 0.5) is 17.3 Å². The van der Waals surface area contributed by atoms with Crippen LogP contribution in [0.5, 0.6) is 0 Å². The molecular formula is C12H11N7O2S. The summed E-state index contributed by atoms with van der Waals surface area (Å²) in [6.45, 7) is 0. The molecule has 0 unspecified atom stereocenters. The first kappa shape index (κ1) is 14.1. The minimum atomic E-state index is -0.430. The highest BCUT2D eigenvalue weighted by Crippen LogP contribution is 2.40. The van der Waals surface area contributed by atoms with E-state index >= 15 is 0 Å². The van der Waals surface area contributed by atoms with Gasteiger partial charge in [-0.15, -0.1) is 0 Å². The molecule has 112 valence electrons. The Balaban J connectivity index is 2.13. The zero-order valence-electron chi connectivity index (χ0n) is 11.4.